The summed E-state index contributed by atoms with van der Waals surface area (Å²) in [5.41, 5.74) is 4.04. The zero-order chi connectivity index (χ0) is 8.43. The van der Waals surface area contributed by atoms with Gasteiger partial charge in [-0.2, -0.15) is 0 Å². The van der Waals surface area contributed by atoms with Crippen molar-refractivity contribution in [1.82, 2.24) is 0 Å². The molecule has 0 aliphatic heterocycles. The molecule has 60 valence electrons. The average Bonchev–Trinajstić information content (AvgIpc) is 2.18. The van der Waals surface area contributed by atoms with E-state index in [9.17, 15) is 0 Å². The molecule has 0 radical (unpaired) electrons. The predicted octanol–water partition coefficient (Wildman–Crippen LogP) is 3.48. The molecular formula is C11H16. The lowest BCUT2D eigenvalue weighted by atomic mass is 9.97. The van der Waals surface area contributed by atoms with Crippen LogP contribution in [0.5, 0.6) is 0 Å². The monoisotopic (exact) mass is 148 g/mol. The fraction of sp³-hybridized carbons (Fsp3) is 0.455. The van der Waals surface area contributed by atoms with Crippen molar-refractivity contribution in [3.8, 4) is 0 Å². The lowest BCUT2D eigenvalue weighted by molar-refractivity contribution is 0.646. The van der Waals surface area contributed by atoms with E-state index < -0.39 is 0 Å². The molecule has 0 atom stereocenters. The van der Waals surface area contributed by atoms with Gasteiger partial charge < -0.3 is 0 Å². The molecule has 0 heterocycles. The van der Waals surface area contributed by atoms with Gasteiger partial charge in [-0.1, -0.05) is 32.6 Å². The van der Waals surface area contributed by atoms with Gasteiger partial charge in [-0.3, -0.25) is 0 Å². The summed E-state index contributed by atoms with van der Waals surface area (Å²) in [6.07, 6.45) is 5.42. The van der Waals surface area contributed by atoms with Gasteiger partial charge in [-0.15, -0.1) is 0 Å². The van der Waals surface area contributed by atoms with Crippen molar-refractivity contribution in [2.75, 3.05) is 0 Å². The SMILES string of the molecule is C=C1C=CC(C)=C1CC(C)C. The van der Waals surface area contributed by atoms with Crippen LogP contribution in [0.2, 0.25) is 0 Å². The zero-order valence-electron chi connectivity index (χ0n) is 7.65. The highest BCUT2D eigenvalue weighted by atomic mass is 14.1. The van der Waals surface area contributed by atoms with Crippen molar-refractivity contribution in [2.45, 2.75) is 27.2 Å². The van der Waals surface area contributed by atoms with Crippen LogP contribution in [0.25, 0.3) is 0 Å². The summed E-state index contributed by atoms with van der Waals surface area (Å²) in [6.45, 7) is 10.6. The minimum atomic E-state index is 0.733. The second kappa shape index (κ2) is 3.08. The number of hydrogen-bond donors (Lipinski definition) is 0. The van der Waals surface area contributed by atoms with Crippen molar-refractivity contribution >= 4 is 0 Å². The molecule has 0 saturated carbocycles. The van der Waals surface area contributed by atoms with Gasteiger partial charge in [-0.05, 0) is 36.0 Å². The fourth-order valence-corrected chi connectivity index (χ4v) is 1.38. The van der Waals surface area contributed by atoms with Crippen molar-refractivity contribution in [1.29, 1.82) is 0 Å². The Kier molecular flexibility index (Phi) is 2.33. The van der Waals surface area contributed by atoms with Gasteiger partial charge in [-0.25, -0.2) is 0 Å². The first-order valence-corrected chi connectivity index (χ1v) is 4.18. The molecule has 0 spiro atoms. The molecule has 0 aromatic heterocycles. The second-order valence-electron chi connectivity index (χ2n) is 3.62. The standard InChI is InChI=1S/C11H16/c1-8(2)7-11-9(3)5-6-10(11)4/h5-6,8H,3,7H2,1-2,4H3. The van der Waals surface area contributed by atoms with Crippen molar-refractivity contribution in [3.05, 3.63) is 35.5 Å². The molecule has 0 unspecified atom stereocenters. The molecule has 0 saturated heterocycles. The molecule has 0 N–H and O–H groups in total. The summed E-state index contributed by atoms with van der Waals surface area (Å²) in [5, 5.41) is 0. The van der Waals surface area contributed by atoms with E-state index in [2.05, 4.69) is 39.5 Å². The first-order valence-electron chi connectivity index (χ1n) is 4.18. The van der Waals surface area contributed by atoms with Gasteiger partial charge in [0, 0.05) is 0 Å². The molecule has 0 nitrogen and oxygen atoms in total. The first kappa shape index (κ1) is 8.32. The zero-order valence-corrected chi connectivity index (χ0v) is 7.65. The van der Waals surface area contributed by atoms with Crippen LogP contribution in [-0.2, 0) is 0 Å². The number of allylic oxidation sites excluding steroid dienone is 5. The first-order chi connectivity index (χ1) is 5.11. The molecule has 1 aliphatic rings. The van der Waals surface area contributed by atoms with E-state index in [1.165, 1.54) is 16.7 Å². The Balaban J connectivity index is 2.73. The summed E-state index contributed by atoms with van der Waals surface area (Å²) in [4.78, 5) is 0. The Morgan fingerprint density at radius 1 is 1.36 bits per heavy atom. The Bertz CT molecular complexity index is 226. The van der Waals surface area contributed by atoms with Crippen LogP contribution in [-0.4, -0.2) is 0 Å². The highest BCUT2D eigenvalue weighted by Crippen LogP contribution is 2.28. The van der Waals surface area contributed by atoms with E-state index >= 15 is 0 Å². The Hall–Kier alpha value is -0.780. The molecule has 0 aromatic rings. The predicted molar refractivity (Wildman–Crippen MR) is 50.4 cm³/mol. The Labute approximate surface area is 69.3 Å². The maximum Gasteiger partial charge on any atom is -0.0247 e. The molecule has 0 bridgehead atoms. The Morgan fingerprint density at radius 2 is 2.00 bits per heavy atom. The van der Waals surface area contributed by atoms with E-state index in [4.69, 9.17) is 0 Å². The molecule has 0 amide bonds. The highest BCUT2D eigenvalue weighted by Gasteiger charge is 2.10. The van der Waals surface area contributed by atoms with Crippen LogP contribution in [0, 0.1) is 5.92 Å². The van der Waals surface area contributed by atoms with Crippen molar-refractivity contribution in [3.63, 3.8) is 0 Å². The van der Waals surface area contributed by atoms with Crippen LogP contribution in [0.1, 0.15) is 27.2 Å². The Morgan fingerprint density at radius 3 is 2.36 bits per heavy atom. The summed E-state index contributed by atoms with van der Waals surface area (Å²) in [6, 6.07) is 0. The summed E-state index contributed by atoms with van der Waals surface area (Å²) in [5.74, 6) is 0.733. The number of hydrogen-bond acceptors (Lipinski definition) is 0. The van der Waals surface area contributed by atoms with E-state index in [0.29, 0.717) is 0 Å². The molecule has 1 rings (SSSR count). The van der Waals surface area contributed by atoms with Crippen LogP contribution in [0.15, 0.2) is 35.5 Å². The van der Waals surface area contributed by atoms with Crippen molar-refractivity contribution in [2.24, 2.45) is 5.92 Å². The third kappa shape index (κ3) is 1.83. The average molecular weight is 148 g/mol. The molecule has 0 heteroatoms. The van der Waals surface area contributed by atoms with Crippen LogP contribution in [0.3, 0.4) is 0 Å². The van der Waals surface area contributed by atoms with E-state index in [-0.39, 0.29) is 0 Å². The fourth-order valence-electron chi connectivity index (χ4n) is 1.38. The van der Waals surface area contributed by atoms with Crippen LogP contribution < -0.4 is 0 Å². The van der Waals surface area contributed by atoms with Gasteiger partial charge in [0.2, 0.25) is 0 Å². The van der Waals surface area contributed by atoms with E-state index in [1.807, 2.05) is 0 Å². The topological polar surface area (TPSA) is 0 Å². The highest BCUT2D eigenvalue weighted by molar-refractivity contribution is 5.51. The minimum absolute atomic E-state index is 0.733. The van der Waals surface area contributed by atoms with Gasteiger partial charge in [0.25, 0.3) is 0 Å². The third-order valence-corrected chi connectivity index (χ3v) is 2.01. The lowest BCUT2D eigenvalue weighted by Gasteiger charge is -2.08. The van der Waals surface area contributed by atoms with Gasteiger partial charge in [0.05, 0.1) is 0 Å². The molecule has 1 aliphatic carbocycles. The normalized spacial score (nSPS) is 17.3. The van der Waals surface area contributed by atoms with E-state index in [0.717, 1.165) is 12.3 Å². The summed E-state index contributed by atoms with van der Waals surface area (Å²) < 4.78 is 0. The van der Waals surface area contributed by atoms with Crippen LogP contribution >= 0.6 is 0 Å². The van der Waals surface area contributed by atoms with Gasteiger partial charge in [0.1, 0.15) is 0 Å². The maximum absolute atomic E-state index is 3.99. The number of rotatable bonds is 2. The second-order valence-corrected chi connectivity index (χ2v) is 3.62. The van der Waals surface area contributed by atoms with Crippen LogP contribution in [0.4, 0.5) is 0 Å². The molecular weight excluding hydrogens is 132 g/mol. The van der Waals surface area contributed by atoms with Crippen molar-refractivity contribution < 1.29 is 0 Å². The van der Waals surface area contributed by atoms with Gasteiger partial charge in [0.15, 0.2) is 0 Å². The molecule has 0 fully saturated rings. The summed E-state index contributed by atoms with van der Waals surface area (Å²) >= 11 is 0. The minimum Gasteiger partial charge on any atom is -0.0915 e. The molecule has 11 heavy (non-hydrogen) atoms. The lowest BCUT2D eigenvalue weighted by Crippen LogP contribution is -1.92. The molecule has 0 aromatic carbocycles. The third-order valence-electron chi connectivity index (χ3n) is 2.01. The van der Waals surface area contributed by atoms with E-state index in [1.54, 1.807) is 0 Å². The quantitative estimate of drug-likeness (QED) is 0.562. The summed E-state index contributed by atoms with van der Waals surface area (Å²) in [7, 11) is 0. The maximum atomic E-state index is 3.99. The van der Waals surface area contributed by atoms with Gasteiger partial charge >= 0.3 is 0 Å². The smallest absolute Gasteiger partial charge is 0.0247 e. The largest absolute Gasteiger partial charge is 0.0915 e.